The monoisotopic (exact) mass is 435 g/mol. The standard InChI is InChI=1S/C18H13F4N7O2/c1-31-18-25-6-13(15(26-18)8-2-9(5-23)14(20)11(19)3-8)29(17(24)30)7-10-4-12(16(21)22)28-27-10/h2-4,6,16H,7H2,1H3,(H2,24,30)(H,27,28). The topological polar surface area (TPSA) is 134 Å². The van der Waals surface area contributed by atoms with Gasteiger partial charge in [-0.05, 0) is 18.2 Å². The highest BCUT2D eigenvalue weighted by Gasteiger charge is 2.24. The number of rotatable bonds is 6. The van der Waals surface area contributed by atoms with Crippen molar-refractivity contribution in [2.45, 2.75) is 13.0 Å². The maximum atomic E-state index is 14.0. The molecule has 0 bridgehead atoms. The Morgan fingerprint density at radius 2 is 2.10 bits per heavy atom. The summed E-state index contributed by atoms with van der Waals surface area (Å²) < 4.78 is 58.3. The number of anilines is 1. The van der Waals surface area contributed by atoms with E-state index in [1.54, 1.807) is 0 Å². The SMILES string of the molecule is COc1ncc(N(Cc2cc(C(F)F)n[nH]2)C(N)=O)c(-c2cc(F)c(F)c(C#N)c2)n1. The molecule has 2 heterocycles. The second kappa shape index (κ2) is 8.66. The summed E-state index contributed by atoms with van der Waals surface area (Å²) >= 11 is 0. The number of methoxy groups -OCH3 is 1. The zero-order valence-electron chi connectivity index (χ0n) is 15.7. The van der Waals surface area contributed by atoms with Crippen molar-refractivity contribution in [2.24, 2.45) is 5.73 Å². The Labute approximate surface area is 172 Å². The van der Waals surface area contributed by atoms with Gasteiger partial charge in [0.05, 0.1) is 36.8 Å². The molecule has 0 spiro atoms. The summed E-state index contributed by atoms with van der Waals surface area (Å²) in [5, 5.41) is 14.9. The molecule has 0 aliphatic heterocycles. The van der Waals surface area contributed by atoms with Crippen molar-refractivity contribution in [3.8, 4) is 23.3 Å². The average Bonchev–Trinajstić information content (AvgIpc) is 3.22. The van der Waals surface area contributed by atoms with Gasteiger partial charge in [0.1, 0.15) is 17.5 Å². The summed E-state index contributed by atoms with van der Waals surface area (Å²) in [4.78, 5) is 21.0. The van der Waals surface area contributed by atoms with Crippen LogP contribution in [0.5, 0.6) is 6.01 Å². The number of hydrogen-bond donors (Lipinski definition) is 2. The Kier molecular flexibility index (Phi) is 6.00. The minimum Gasteiger partial charge on any atom is -0.467 e. The van der Waals surface area contributed by atoms with Gasteiger partial charge in [0.2, 0.25) is 0 Å². The van der Waals surface area contributed by atoms with E-state index < -0.39 is 35.3 Å². The molecule has 3 N–H and O–H groups in total. The van der Waals surface area contributed by atoms with E-state index in [-0.39, 0.29) is 35.2 Å². The van der Waals surface area contributed by atoms with Crippen LogP contribution in [-0.2, 0) is 6.54 Å². The summed E-state index contributed by atoms with van der Waals surface area (Å²) in [7, 11) is 1.26. The molecule has 9 nitrogen and oxygen atoms in total. The number of hydrogen-bond acceptors (Lipinski definition) is 6. The quantitative estimate of drug-likeness (QED) is 0.572. The predicted molar refractivity (Wildman–Crippen MR) is 98.0 cm³/mol. The van der Waals surface area contributed by atoms with Crippen LogP contribution in [0.4, 0.5) is 28.0 Å². The molecule has 0 atom stereocenters. The minimum atomic E-state index is -2.83. The number of halogens is 4. The second-order valence-electron chi connectivity index (χ2n) is 6.07. The third kappa shape index (κ3) is 4.37. The smallest absolute Gasteiger partial charge is 0.319 e. The van der Waals surface area contributed by atoms with E-state index >= 15 is 0 Å². The number of H-pyrrole nitrogens is 1. The highest BCUT2D eigenvalue weighted by molar-refractivity contribution is 5.94. The lowest BCUT2D eigenvalue weighted by atomic mass is 10.1. The van der Waals surface area contributed by atoms with Crippen LogP contribution in [0, 0.1) is 23.0 Å². The maximum Gasteiger partial charge on any atom is 0.319 e. The van der Waals surface area contributed by atoms with Gasteiger partial charge in [0.15, 0.2) is 11.6 Å². The Bertz CT molecular complexity index is 1180. The number of nitrogens with zero attached hydrogens (tertiary/aromatic N) is 5. The molecule has 2 amide bonds. The lowest BCUT2D eigenvalue weighted by Gasteiger charge is -2.22. The number of alkyl halides is 2. The molecular weight excluding hydrogens is 422 g/mol. The zero-order chi connectivity index (χ0) is 22.7. The number of ether oxygens (including phenoxy) is 1. The first-order valence-electron chi connectivity index (χ1n) is 8.45. The number of aromatic amines is 1. The second-order valence-corrected chi connectivity index (χ2v) is 6.07. The van der Waals surface area contributed by atoms with E-state index in [9.17, 15) is 22.4 Å². The minimum absolute atomic E-state index is 0.0728. The van der Waals surface area contributed by atoms with Gasteiger partial charge in [0, 0.05) is 5.56 Å². The van der Waals surface area contributed by atoms with Crippen molar-refractivity contribution in [1.29, 1.82) is 5.26 Å². The molecule has 0 aliphatic rings. The molecule has 0 unspecified atom stereocenters. The van der Waals surface area contributed by atoms with Crippen molar-refractivity contribution in [1.82, 2.24) is 20.2 Å². The molecule has 0 saturated carbocycles. The van der Waals surface area contributed by atoms with Crippen LogP contribution >= 0.6 is 0 Å². The van der Waals surface area contributed by atoms with Crippen molar-refractivity contribution < 1.29 is 27.1 Å². The molecule has 0 radical (unpaired) electrons. The number of aromatic nitrogens is 4. The van der Waals surface area contributed by atoms with E-state index in [0.717, 1.165) is 29.3 Å². The Hall–Kier alpha value is -4.21. The molecule has 13 heteroatoms. The van der Waals surface area contributed by atoms with Crippen molar-refractivity contribution in [2.75, 3.05) is 12.0 Å². The number of benzene rings is 1. The zero-order valence-corrected chi connectivity index (χ0v) is 15.7. The number of primary amides is 1. The van der Waals surface area contributed by atoms with Crippen molar-refractivity contribution in [3.63, 3.8) is 0 Å². The molecule has 2 aromatic heterocycles. The van der Waals surface area contributed by atoms with E-state index in [0.29, 0.717) is 0 Å². The Balaban J connectivity index is 2.14. The Morgan fingerprint density at radius 3 is 2.68 bits per heavy atom. The highest BCUT2D eigenvalue weighted by Crippen LogP contribution is 2.33. The van der Waals surface area contributed by atoms with Crippen LogP contribution in [-0.4, -0.2) is 33.3 Å². The lowest BCUT2D eigenvalue weighted by Crippen LogP contribution is -2.36. The first-order valence-corrected chi connectivity index (χ1v) is 8.45. The highest BCUT2D eigenvalue weighted by atomic mass is 19.3. The third-order valence-corrected chi connectivity index (χ3v) is 4.11. The third-order valence-electron chi connectivity index (χ3n) is 4.11. The van der Waals surface area contributed by atoms with Gasteiger partial charge in [-0.2, -0.15) is 15.3 Å². The van der Waals surface area contributed by atoms with Gasteiger partial charge in [-0.3, -0.25) is 10.00 Å². The van der Waals surface area contributed by atoms with Gasteiger partial charge in [-0.1, -0.05) is 0 Å². The molecule has 3 aromatic rings. The summed E-state index contributed by atoms with van der Waals surface area (Å²) in [5.74, 6) is -2.67. The van der Waals surface area contributed by atoms with Crippen LogP contribution < -0.4 is 15.4 Å². The number of amides is 2. The van der Waals surface area contributed by atoms with Crippen LogP contribution in [0.1, 0.15) is 23.4 Å². The van der Waals surface area contributed by atoms with Gasteiger partial charge in [-0.15, -0.1) is 0 Å². The Morgan fingerprint density at radius 1 is 1.35 bits per heavy atom. The predicted octanol–water partition coefficient (Wildman–Crippen LogP) is 3.05. The molecule has 3 rings (SSSR count). The fourth-order valence-corrected chi connectivity index (χ4v) is 2.70. The number of urea groups is 1. The van der Waals surface area contributed by atoms with Gasteiger partial charge < -0.3 is 10.5 Å². The number of nitrogens with two attached hydrogens (primary N) is 1. The van der Waals surface area contributed by atoms with Gasteiger partial charge in [0.25, 0.3) is 6.43 Å². The van der Waals surface area contributed by atoms with Gasteiger partial charge >= 0.3 is 12.0 Å². The normalized spacial score (nSPS) is 10.7. The van der Waals surface area contributed by atoms with Crippen LogP contribution in [0.15, 0.2) is 24.4 Å². The average molecular weight is 435 g/mol. The summed E-state index contributed by atoms with van der Waals surface area (Å²) in [6, 6.07) is 3.15. The van der Waals surface area contributed by atoms with Gasteiger partial charge in [-0.25, -0.2) is 27.3 Å². The molecule has 31 heavy (non-hydrogen) atoms. The molecule has 0 saturated heterocycles. The summed E-state index contributed by atoms with van der Waals surface area (Å²) in [5.41, 5.74) is 4.15. The molecule has 160 valence electrons. The number of carbonyl (C=O) groups is 1. The summed E-state index contributed by atoms with van der Waals surface area (Å²) in [6.07, 6.45) is -1.71. The van der Waals surface area contributed by atoms with E-state index in [1.165, 1.54) is 13.2 Å². The fourth-order valence-electron chi connectivity index (χ4n) is 2.70. The fraction of sp³-hybridized carbons (Fsp3) is 0.167. The van der Waals surface area contributed by atoms with Crippen LogP contribution in [0.2, 0.25) is 0 Å². The van der Waals surface area contributed by atoms with Crippen LogP contribution in [0.3, 0.4) is 0 Å². The first kappa shape index (κ1) is 21.5. The van der Waals surface area contributed by atoms with Crippen molar-refractivity contribution >= 4 is 11.7 Å². The van der Waals surface area contributed by atoms with E-state index in [1.807, 2.05) is 0 Å². The number of nitrogens with one attached hydrogen (secondary N) is 1. The number of nitriles is 1. The molecule has 0 aliphatic carbocycles. The summed E-state index contributed by atoms with van der Waals surface area (Å²) in [6.45, 7) is -0.341. The number of carbonyl (C=O) groups excluding carboxylic acids is 1. The molecular formula is C18H13F4N7O2. The van der Waals surface area contributed by atoms with E-state index in [4.69, 9.17) is 15.7 Å². The molecule has 0 fully saturated rings. The first-order chi connectivity index (χ1) is 14.7. The largest absolute Gasteiger partial charge is 0.467 e. The van der Waals surface area contributed by atoms with Crippen molar-refractivity contribution in [3.05, 3.63) is 53.0 Å². The van der Waals surface area contributed by atoms with Crippen LogP contribution in [0.25, 0.3) is 11.3 Å². The van der Waals surface area contributed by atoms with E-state index in [2.05, 4.69) is 20.2 Å². The lowest BCUT2D eigenvalue weighted by molar-refractivity contribution is 0.146. The maximum absolute atomic E-state index is 14.0. The molecule has 1 aromatic carbocycles.